The molecule has 0 N–H and O–H groups in total. The summed E-state index contributed by atoms with van der Waals surface area (Å²) >= 11 is 0. The highest BCUT2D eigenvalue weighted by Gasteiger charge is 2.43. The Balaban J connectivity index is 1.38. The van der Waals surface area contributed by atoms with Crippen molar-refractivity contribution in [3.63, 3.8) is 0 Å². The molecule has 1 spiro atoms. The molecule has 0 unspecified atom stereocenters. The summed E-state index contributed by atoms with van der Waals surface area (Å²) in [6, 6.07) is 14.2. The van der Waals surface area contributed by atoms with Gasteiger partial charge in [-0.05, 0) is 43.9 Å². The Hall–Kier alpha value is -2.44. The summed E-state index contributed by atoms with van der Waals surface area (Å²) in [5.41, 5.74) is 1.22. The zero-order chi connectivity index (χ0) is 20.4. The minimum absolute atomic E-state index is 0.0226. The van der Waals surface area contributed by atoms with Crippen molar-refractivity contribution in [1.29, 1.82) is 0 Å². The molecule has 0 atom stereocenters. The predicted molar refractivity (Wildman–Crippen MR) is 113 cm³/mol. The topological polar surface area (TPSA) is 54.9 Å². The number of ether oxygens (including phenoxy) is 2. The first kappa shape index (κ1) is 19.5. The predicted octanol–water partition coefficient (Wildman–Crippen LogP) is 3.13. The number of aromatic nitrogens is 1. The van der Waals surface area contributed by atoms with Gasteiger partial charge in [0.15, 0.2) is 0 Å². The number of morpholine rings is 1. The van der Waals surface area contributed by atoms with Gasteiger partial charge in [0, 0.05) is 37.4 Å². The Morgan fingerprint density at radius 1 is 1.03 bits per heavy atom. The number of rotatable bonds is 2. The molecule has 2 aromatic rings. The summed E-state index contributed by atoms with van der Waals surface area (Å²) in [6.45, 7) is 4.86. The van der Waals surface area contributed by atoms with Gasteiger partial charge in [-0.15, -0.1) is 0 Å². The molecule has 0 bridgehead atoms. The third-order valence-corrected chi connectivity index (χ3v) is 6.74. The lowest BCUT2D eigenvalue weighted by Crippen LogP contribution is -2.53. The maximum Gasteiger partial charge on any atom is 0.272 e. The average Bonchev–Trinajstić information content (AvgIpc) is 2.97. The molecule has 3 aliphatic rings. The van der Waals surface area contributed by atoms with E-state index in [0.29, 0.717) is 24.8 Å². The van der Waals surface area contributed by atoms with Crippen molar-refractivity contribution in [2.75, 3.05) is 32.8 Å². The van der Waals surface area contributed by atoms with E-state index in [4.69, 9.17) is 9.47 Å². The normalized spacial score (nSPS) is 27.2. The van der Waals surface area contributed by atoms with E-state index < -0.39 is 0 Å². The van der Waals surface area contributed by atoms with Crippen molar-refractivity contribution in [3.8, 4) is 5.75 Å². The van der Waals surface area contributed by atoms with Gasteiger partial charge in [-0.1, -0.05) is 24.3 Å². The van der Waals surface area contributed by atoms with Crippen LogP contribution in [0.3, 0.4) is 0 Å². The second-order valence-corrected chi connectivity index (χ2v) is 8.65. The fourth-order valence-corrected chi connectivity index (χ4v) is 5.10. The van der Waals surface area contributed by atoms with Gasteiger partial charge in [-0.3, -0.25) is 14.7 Å². The van der Waals surface area contributed by atoms with Gasteiger partial charge < -0.3 is 14.4 Å². The second-order valence-electron chi connectivity index (χ2n) is 8.65. The molecular weight excluding hydrogens is 378 g/mol. The first-order valence-electron chi connectivity index (χ1n) is 11.0. The first-order chi connectivity index (χ1) is 14.7. The fraction of sp³-hybridized carbons (Fsp3) is 0.500. The summed E-state index contributed by atoms with van der Waals surface area (Å²) in [4.78, 5) is 22.1. The highest BCUT2D eigenvalue weighted by atomic mass is 16.5. The Morgan fingerprint density at radius 2 is 1.80 bits per heavy atom. The summed E-state index contributed by atoms with van der Waals surface area (Å²) in [7, 11) is 0. The summed E-state index contributed by atoms with van der Waals surface area (Å²) in [6.07, 6.45) is 5.77. The van der Waals surface area contributed by atoms with Crippen LogP contribution in [0, 0.1) is 0 Å². The van der Waals surface area contributed by atoms with Crippen LogP contribution < -0.4 is 4.74 Å². The molecule has 1 aromatic heterocycles. The highest BCUT2D eigenvalue weighted by Crippen LogP contribution is 2.39. The number of nitrogens with zero attached hydrogens (tertiary/aromatic N) is 3. The quantitative estimate of drug-likeness (QED) is 0.766. The van der Waals surface area contributed by atoms with Crippen LogP contribution in [0.25, 0.3) is 0 Å². The maximum absolute atomic E-state index is 13.3. The van der Waals surface area contributed by atoms with Gasteiger partial charge in [-0.2, -0.15) is 0 Å². The Kier molecular flexibility index (Phi) is 5.44. The molecule has 3 heterocycles. The molecule has 2 aliphatic heterocycles. The van der Waals surface area contributed by atoms with E-state index >= 15 is 0 Å². The van der Waals surface area contributed by atoms with Crippen LogP contribution in [0.5, 0.6) is 5.75 Å². The lowest BCUT2D eigenvalue weighted by molar-refractivity contribution is -0.0363. The average molecular weight is 408 g/mol. The molecule has 1 aliphatic carbocycles. The molecule has 158 valence electrons. The summed E-state index contributed by atoms with van der Waals surface area (Å²) in [5.74, 6) is 0.893. The number of hydrogen-bond acceptors (Lipinski definition) is 5. The minimum atomic E-state index is -0.334. The molecule has 1 saturated carbocycles. The van der Waals surface area contributed by atoms with Gasteiger partial charge >= 0.3 is 0 Å². The van der Waals surface area contributed by atoms with Gasteiger partial charge in [0.1, 0.15) is 17.0 Å². The molecule has 30 heavy (non-hydrogen) atoms. The van der Waals surface area contributed by atoms with Gasteiger partial charge in [0.25, 0.3) is 5.91 Å². The van der Waals surface area contributed by atoms with Crippen LogP contribution in [-0.2, 0) is 11.3 Å². The molecule has 6 heteroatoms. The number of pyridine rings is 1. The first-order valence-corrected chi connectivity index (χ1v) is 11.0. The summed E-state index contributed by atoms with van der Waals surface area (Å²) in [5, 5.41) is 0. The molecular formula is C24H29N3O3. The largest absolute Gasteiger partial charge is 0.485 e. The van der Waals surface area contributed by atoms with Crippen molar-refractivity contribution < 1.29 is 14.3 Å². The van der Waals surface area contributed by atoms with Gasteiger partial charge in [0.2, 0.25) is 0 Å². The van der Waals surface area contributed by atoms with Crippen LogP contribution >= 0.6 is 0 Å². The number of benzene rings is 1. The maximum atomic E-state index is 13.3. The third kappa shape index (κ3) is 3.94. The number of hydrogen-bond donors (Lipinski definition) is 0. The van der Waals surface area contributed by atoms with Crippen LogP contribution in [0.15, 0.2) is 48.7 Å². The van der Waals surface area contributed by atoms with Crippen molar-refractivity contribution in [1.82, 2.24) is 14.8 Å². The Bertz CT molecular complexity index is 874. The van der Waals surface area contributed by atoms with Gasteiger partial charge in [-0.25, -0.2) is 0 Å². The van der Waals surface area contributed by atoms with Gasteiger partial charge in [0.05, 0.1) is 19.8 Å². The molecule has 1 aromatic carbocycles. The minimum Gasteiger partial charge on any atom is -0.485 e. The monoisotopic (exact) mass is 407 g/mol. The van der Waals surface area contributed by atoms with Crippen LogP contribution in [-0.4, -0.2) is 65.2 Å². The van der Waals surface area contributed by atoms with Crippen LogP contribution in [0.4, 0.5) is 0 Å². The van der Waals surface area contributed by atoms with Crippen molar-refractivity contribution in [2.24, 2.45) is 0 Å². The third-order valence-electron chi connectivity index (χ3n) is 6.74. The molecule has 2 fully saturated rings. The number of amides is 1. The Labute approximate surface area is 177 Å². The molecule has 0 radical (unpaired) electrons. The van der Waals surface area contributed by atoms with Crippen LogP contribution in [0.1, 0.15) is 41.7 Å². The zero-order valence-electron chi connectivity index (χ0n) is 17.3. The van der Waals surface area contributed by atoms with Crippen molar-refractivity contribution in [3.05, 3.63) is 59.9 Å². The fourth-order valence-electron chi connectivity index (χ4n) is 5.10. The highest BCUT2D eigenvalue weighted by molar-refractivity contribution is 5.92. The summed E-state index contributed by atoms with van der Waals surface area (Å²) < 4.78 is 12.2. The van der Waals surface area contributed by atoms with Crippen molar-refractivity contribution in [2.45, 2.75) is 43.9 Å². The zero-order valence-corrected chi connectivity index (χ0v) is 17.3. The van der Waals surface area contributed by atoms with E-state index in [9.17, 15) is 4.79 Å². The van der Waals surface area contributed by atoms with Crippen molar-refractivity contribution >= 4 is 5.91 Å². The standard InChI is InChI=1S/C24H29N3O3/c28-23(21-6-3-4-12-25-21)27-17-19-5-1-2-7-22(19)30-24(18-27)10-8-20(9-11-24)26-13-15-29-16-14-26/h1-7,12,20H,8-11,13-18H2. The molecule has 6 nitrogen and oxygen atoms in total. The van der Waals surface area contributed by atoms with E-state index in [1.165, 1.54) is 0 Å². The lowest BCUT2D eigenvalue weighted by Gasteiger charge is -2.45. The smallest absolute Gasteiger partial charge is 0.272 e. The Morgan fingerprint density at radius 3 is 2.57 bits per heavy atom. The van der Waals surface area contributed by atoms with E-state index in [1.54, 1.807) is 12.3 Å². The molecule has 1 saturated heterocycles. The number of para-hydroxylation sites is 1. The van der Waals surface area contributed by atoms with E-state index in [2.05, 4.69) is 16.0 Å². The van der Waals surface area contributed by atoms with E-state index in [1.807, 2.05) is 35.2 Å². The SMILES string of the molecule is O=C(c1ccccn1)N1Cc2ccccc2OC2(CCC(N3CCOCC3)CC2)C1. The molecule has 5 rings (SSSR count). The van der Waals surface area contributed by atoms with Crippen LogP contribution in [0.2, 0.25) is 0 Å². The number of carbonyl (C=O) groups excluding carboxylic acids is 1. The molecule has 1 amide bonds. The van der Waals surface area contributed by atoms with E-state index in [-0.39, 0.29) is 11.5 Å². The second kappa shape index (κ2) is 8.36. The lowest BCUT2D eigenvalue weighted by atomic mass is 9.80. The van der Waals surface area contributed by atoms with E-state index in [0.717, 1.165) is 63.3 Å². The number of carbonyl (C=O) groups is 1. The number of fused-ring (bicyclic) bond motifs is 1.